The Hall–Kier alpha value is -1.73. The van der Waals surface area contributed by atoms with Crippen LogP contribution in [0.4, 0.5) is 0 Å². The number of aliphatic hydroxyl groups excluding tert-OH is 1. The maximum atomic E-state index is 12.2. The smallest absolute Gasteiger partial charge is 0.325 e. The molecule has 0 bridgehead atoms. The molecule has 0 saturated carbocycles. The van der Waals surface area contributed by atoms with Crippen molar-refractivity contribution in [1.29, 1.82) is 0 Å². The number of ether oxygens (including phenoxy) is 3. The average Bonchev–Trinajstić information content (AvgIpc) is 2.79. The van der Waals surface area contributed by atoms with Gasteiger partial charge in [-0.2, -0.15) is 0 Å². The second-order valence-electron chi connectivity index (χ2n) is 8.11. The summed E-state index contributed by atoms with van der Waals surface area (Å²) in [5, 5.41) is 11.0. The van der Waals surface area contributed by atoms with E-state index in [0.717, 1.165) is 11.1 Å². The maximum absolute atomic E-state index is 12.2. The molecule has 31 heavy (non-hydrogen) atoms. The molecule has 0 saturated heterocycles. The Bertz CT molecular complexity index is 781. The number of esters is 1. The molecule has 0 aromatic heterocycles. The first-order chi connectivity index (χ1) is 14.8. The summed E-state index contributed by atoms with van der Waals surface area (Å²) in [5.41, 5.74) is 2.14. The number of halogens is 1. The number of hydrogen-bond donors (Lipinski definition) is 1. The van der Waals surface area contributed by atoms with Crippen LogP contribution in [0.2, 0.25) is 0 Å². The van der Waals surface area contributed by atoms with Crippen LogP contribution in [0.3, 0.4) is 0 Å². The van der Waals surface area contributed by atoms with Gasteiger partial charge < -0.3 is 19.3 Å². The lowest BCUT2D eigenvalue weighted by Gasteiger charge is -2.37. The Labute approximate surface area is 193 Å². The van der Waals surface area contributed by atoms with Crippen molar-refractivity contribution in [2.75, 3.05) is 13.7 Å². The van der Waals surface area contributed by atoms with E-state index < -0.39 is 16.4 Å². The van der Waals surface area contributed by atoms with Crippen LogP contribution >= 0.6 is 15.9 Å². The summed E-state index contributed by atoms with van der Waals surface area (Å²) in [7, 11) is 1.31. The largest absolute Gasteiger partial charge is 0.468 e. The van der Waals surface area contributed by atoms with Gasteiger partial charge in [0.25, 0.3) is 0 Å². The standard InChI is InChI=1S/C25H33BrO5/c1-18(15-30-16-20-11-7-5-8-12-20)22(31-17-21-13-9-6-10-14-21)19(2)23(27)25(3,26)24(28)29-4/h5-14,18-19,22-23,27H,15-17H2,1-4H3/t18-,19+,22+,23-,25-/m0/s1. The Kier molecular flexibility index (Phi) is 10.2. The number of methoxy groups -OCH3 is 1. The van der Waals surface area contributed by atoms with E-state index in [4.69, 9.17) is 14.2 Å². The molecule has 0 aliphatic rings. The molecule has 0 amide bonds. The van der Waals surface area contributed by atoms with Crippen LogP contribution < -0.4 is 0 Å². The average molecular weight is 493 g/mol. The SMILES string of the molecule is COC(=O)[C@@](C)(Br)[C@@H](O)[C@H](C)[C@H](OCc1ccccc1)[C@@H](C)COCc1ccccc1. The first kappa shape index (κ1) is 25.5. The number of benzene rings is 2. The number of aliphatic hydroxyl groups is 1. The van der Waals surface area contributed by atoms with Gasteiger partial charge in [0.15, 0.2) is 0 Å². The van der Waals surface area contributed by atoms with E-state index in [0.29, 0.717) is 19.8 Å². The zero-order valence-corrected chi connectivity index (χ0v) is 20.2. The zero-order chi connectivity index (χ0) is 22.9. The molecule has 5 atom stereocenters. The highest BCUT2D eigenvalue weighted by Crippen LogP contribution is 2.33. The van der Waals surface area contributed by atoms with Crippen LogP contribution in [0, 0.1) is 11.8 Å². The minimum atomic E-state index is -1.24. The number of rotatable bonds is 12. The molecule has 2 aromatic carbocycles. The molecule has 0 fully saturated rings. The van der Waals surface area contributed by atoms with Crippen molar-refractivity contribution in [3.63, 3.8) is 0 Å². The summed E-state index contributed by atoms with van der Waals surface area (Å²) in [6.07, 6.45) is -1.36. The first-order valence-electron chi connectivity index (χ1n) is 10.5. The minimum absolute atomic E-state index is 0.0157. The van der Waals surface area contributed by atoms with Crippen molar-refractivity contribution in [3.8, 4) is 0 Å². The van der Waals surface area contributed by atoms with Crippen molar-refractivity contribution in [3.05, 3.63) is 71.8 Å². The van der Waals surface area contributed by atoms with E-state index in [-0.39, 0.29) is 17.9 Å². The molecule has 0 unspecified atom stereocenters. The van der Waals surface area contributed by atoms with E-state index in [9.17, 15) is 9.90 Å². The van der Waals surface area contributed by atoms with Gasteiger partial charge >= 0.3 is 5.97 Å². The molecule has 2 aromatic rings. The van der Waals surface area contributed by atoms with Gasteiger partial charge in [-0.1, -0.05) is 90.4 Å². The van der Waals surface area contributed by atoms with Gasteiger partial charge in [0.2, 0.25) is 0 Å². The van der Waals surface area contributed by atoms with E-state index in [2.05, 4.69) is 15.9 Å². The lowest BCUT2D eigenvalue weighted by molar-refractivity contribution is -0.149. The minimum Gasteiger partial charge on any atom is -0.468 e. The number of carbonyl (C=O) groups excluding carboxylic acids is 1. The maximum Gasteiger partial charge on any atom is 0.325 e. The molecule has 0 radical (unpaired) electrons. The van der Waals surface area contributed by atoms with Crippen molar-refractivity contribution >= 4 is 21.9 Å². The van der Waals surface area contributed by atoms with Crippen molar-refractivity contribution in [2.24, 2.45) is 11.8 Å². The summed E-state index contributed by atoms with van der Waals surface area (Å²) < 4.78 is 15.8. The molecule has 5 nitrogen and oxygen atoms in total. The van der Waals surface area contributed by atoms with Gasteiger partial charge in [-0.05, 0) is 18.1 Å². The van der Waals surface area contributed by atoms with Gasteiger partial charge in [0, 0.05) is 11.8 Å². The highest BCUT2D eigenvalue weighted by molar-refractivity contribution is 9.10. The second kappa shape index (κ2) is 12.3. The normalized spacial score (nSPS) is 17.2. The summed E-state index contributed by atoms with van der Waals surface area (Å²) in [4.78, 5) is 12.2. The topological polar surface area (TPSA) is 65.0 Å². The van der Waals surface area contributed by atoms with Gasteiger partial charge in [-0.3, -0.25) is 4.79 Å². The van der Waals surface area contributed by atoms with Crippen LogP contribution in [0.25, 0.3) is 0 Å². The fourth-order valence-corrected chi connectivity index (χ4v) is 4.21. The van der Waals surface area contributed by atoms with Gasteiger partial charge in [0.05, 0.1) is 39.1 Å². The van der Waals surface area contributed by atoms with E-state index in [1.807, 2.05) is 74.5 Å². The highest BCUT2D eigenvalue weighted by atomic mass is 79.9. The van der Waals surface area contributed by atoms with Crippen molar-refractivity contribution < 1.29 is 24.1 Å². The molecular weight excluding hydrogens is 460 g/mol. The third-order valence-corrected chi connectivity index (χ3v) is 6.29. The van der Waals surface area contributed by atoms with Crippen LogP contribution in [-0.2, 0) is 32.2 Å². The van der Waals surface area contributed by atoms with E-state index in [1.165, 1.54) is 7.11 Å². The zero-order valence-electron chi connectivity index (χ0n) is 18.7. The second-order valence-corrected chi connectivity index (χ2v) is 9.76. The Morgan fingerprint density at radius 3 is 2.03 bits per heavy atom. The third-order valence-electron chi connectivity index (χ3n) is 5.49. The predicted molar refractivity (Wildman–Crippen MR) is 125 cm³/mol. The Morgan fingerprint density at radius 2 is 1.52 bits per heavy atom. The summed E-state index contributed by atoms with van der Waals surface area (Å²) in [6, 6.07) is 19.9. The van der Waals surface area contributed by atoms with Crippen LogP contribution in [0.1, 0.15) is 31.9 Å². The molecule has 0 aliphatic carbocycles. The van der Waals surface area contributed by atoms with Gasteiger partial charge in [-0.25, -0.2) is 0 Å². The van der Waals surface area contributed by atoms with Crippen molar-refractivity contribution in [2.45, 2.75) is 50.5 Å². The van der Waals surface area contributed by atoms with E-state index in [1.54, 1.807) is 6.92 Å². The lowest BCUT2D eigenvalue weighted by atomic mass is 9.84. The molecule has 2 rings (SSSR count). The fourth-order valence-electron chi connectivity index (χ4n) is 3.63. The number of carbonyl (C=O) groups is 1. The number of hydrogen-bond acceptors (Lipinski definition) is 5. The molecule has 0 aliphatic heterocycles. The molecule has 0 spiro atoms. The van der Waals surface area contributed by atoms with Gasteiger partial charge in [-0.15, -0.1) is 0 Å². The lowest BCUT2D eigenvalue weighted by Crippen LogP contribution is -2.50. The molecule has 170 valence electrons. The monoisotopic (exact) mass is 492 g/mol. The van der Waals surface area contributed by atoms with Crippen molar-refractivity contribution in [1.82, 2.24) is 0 Å². The van der Waals surface area contributed by atoms with Crippen LogP contribution in [0.5, 0.6) is 0 Å². The molecule has 1 N–H and O–H groups in total. The van der Waals surface area contributed by atoms with Gasteiger partial charge in [0.1, 0.15) is 4.32 Å². The highest BCUT2D eigenvalue weighted by Gasteiger charge is 2.45. The summed E-state index contributed by atoms with van der Waals surface area (Å²) in [6.45, 7) is 6.91. The summed E-state index contributed by atoms with van der Waals surface area (Å²) >= 11 is 3.36. The summed E-state index contributed by atoms with van der Waals surface area (Å²) in [5.74, 6) is -0.901. The Morgan fingerprint density at radius 1 is 1.00 bits per heavy atom. The predicted octanol–water partition coefficient (Wildman–Crippen LogP) is 4.75. The van der Waals surface area contributed by atoms with Crippen LogP contribution in [-0.4, -0.2) is 41.3 Å². The fraction of sp³-hybridized carbons (Fsp3) is 0.480. The molecule has 6 heteroatoms. The molecular formula is C25H33BrO5. The third kappa shape index (κ3) is 7.42. The molecule has 0 heterocycles. The van der Waals surface area contributed by atoms with E-state index >= 15 is 0 Å². The first-order valence-corrected chi connectivity index (χ1v) is 11.3. The Balaban J connectivity index is 2.09. The quantitative estimate of drug-likeness (QED) is 0.342. The number of alkyl halides is 1. The van der Waals surface area contributed by atoms with Crippen LogP contribution in [0.15, 0.2) is 60.7 Å².